The minimum atomic E-state index is -0.810. The number of carbonyl (C=O) groups is 1. The second-order valence-corrected chi connectivity index (χ2v) is 12.6. The third kappa shape index (κ3) is 6.62. The molecule has 3 aliphatic heterocycles. The van der Waals surface area contributed by atoms with Crippen molar-refractivity contribution in [1.29, 1.82) is 0 Å². The number of cyclic esters (lactones) is 1. The number of methoxy groups -OCH3 is 1. The smallest absolute Gasteiger partial charge is 0.335 e. The second-order valence-electron chi connectivity index (χ2n) is 12.6. The molecule has 4 aliphatic rings. The standard InChI is InChI=1S/C31H52N2O6/c1-19-16-20(2)31-18-24(10-11-25(31)17-26(37-6)30(36)38-28(19)23(5)35)29(39-31)27(21(3)22(4)34)32-12-15-33-13-8-7-9-14-33/h10-11,16,19,21-29,32,34-35H,7-9,12-15,17-18H2,1-6H3/b20-16+/t19-,21?,22+,23-,24-,25-,26+,27+,28+,29-,31+/m1/s1. The fraction of sp³-hybridized carbons (Fsp3) is 0.839. The number of esters is 1. The van der Waals surface area contributed by atoms with Crippen LogP contribution in [0.3, 0.4) is 0 Å². The van der Waals surface area contributed by atoms with E-state index < -0.39 is 36.0 Å². The van der Waals surface area contributed by atoms with Gasteiger partial charge in [-0.1, -0.05) is 38.5 Å². The second kappa shape index (κ2) is 13.1. The molecule has 3 N–H and O–H groups in total. The first-order valence-corrected chi connectivity index (χ1v) is 15.2. The molecule has 4 rings (SSSR count). The van der Waals surface area contributed by atoms with Crippen LogP contribution in [-0.2, 0) is 19.0 Å². The summed E-state index contributed by atoms with van der Waals surface area (Å²) in [6.45, 7) is 13.9. The summed E-state index contributed by atoms with van der Waals surface area (Å²) in [4.78, 5) is 15.6. The molecule has 8 heteroatoms. The van der Waals surface area contributed by atoms with Crippen molar-refractivity contribution in [3.05, 3.63) is 23.8 Å². The largest absolute Gasteiger partial charge is 0.457 e. The van der Waals surface area contributed by atoms with Gasteiger partial charge in [0.1, 0.15) is 6.10 Å². The van der Waals surface area contributed by atoms with Crippen LogP contribution in [0, 0.1) is 23.7 Å². The maximum atomic E-state index is 13.1. The number of piperidine rings is 1. The summed E-state index contributed by atoms with van der Waals surface area (Å²) in [6, 6.07) is -0.0170. The Kier molecular flexibility index (Phi) is 10.3. The van der Waals surface area contributed by atoms with Crippen molar-refractivity contribution in [3.63, 3.8) is 0 Å². The van der Waals surface area contributed by atoms with Gasteiger partial charge in [-0.3, -0.25) is 0 Å². The Morgan fingerprint density at radius 1 is 1.15 bits per heavy atom. The van der Waals surface area contributed by atoms with Crippen LogP contribution in [0.25, 0.3) is 0 Å². The van der Waals surface area contributed by atoms with Gasteiger partial charge in [0.2, 0.25) is 0 Å². The Morgan fingerprint density at radius 2 is 1.87 bits per heavy atom. The quantitative estimate of drug-likeness (QED) is 0.299. The summed E-state index contributed by atoms with van der Waals surface area (Å²) in [5.41, 5.74) is 0.522. The van der Waals surface area contributed by atoms with Crippen LogP contribution >= 0.6 is 0 Å². The lowest BCUT2D eigenvalue weighted by Gasteiger charge is -2.42. The maximum absolute atomic E-state index is 13.1. The molecule has 2 saturated heterocycles. The third-order valence-corrected chi connectivity index (χ3v) is 9.88. The number of ether oxygens (including phenoxy) is 3. The highest BCUT2D eigenvalue weighted by Crippen LogP contribution is 2.52. The van der Waals surface area contributed by atoms with Crippen LogP contribution in [0.1, 0.15) is 66.7 Å². The van der Waals surface area contributed by atoms with Crippen molar-refractivity contribution in [1.82, 2.24) is 10.2 Å². The van der Waals surface area contributed by atoms with Crippen LogP contribution in [0.2, 0.25) is 0 Å². The Bertz CT molecular complexity index is 884. The lowest BCUT2D eigenvalue weighted by atomic mass is 9.69. The summed E-state index contributed by atoms with van der Waals surface area (Å²) in [6.07, 6.45) is 8.91. The molecule has 0 amide bonds. The van der Waals surface area contributed by atoms with E-state index in [0.29, 0.717) is 6.42 Å². The molecule has 39 heavy (non-hydrogen) atoms. The number of hydrogen-bond donors (Lipinski definition) is 3. The predicted octanol–water partition coefficient (Wildman–Crippen LogP) is 3.07. The molecule has 11 atom stereocenters. The molecule has 8 nitrogen and oxygen atoms in total. The third-order valence-electron chi connectivity index (χ3n) is 9.88. The van der Waals surface area contributed by atoms with Gasteiger partial charge < -0.3 is 34.6 Å². The Balaban J connectivity index is 1.62. The van der Waals surface area contributed by atoms with Crippen LogP contribution < -0.4 is 5.32 Å². The summed E-state index contributed by atoms with van der Waals surface area (Å²) in [5.74, 6) is -0.497. The molecule has 1 aliphatic carbocycles. The van der Waals surface area contributed by atoms with Gasteiger partial charge >= 0.3 is 5.97 Å². The van der Waals surface area contributed by atoms with E-state index in [4.69, 9.17) is 14.2 Å². The van der Waals surface area contributed by atoms with E-state index in [2.05, 4.69) is 42.3 Å². The summed E-state index contributed by atoms with van der Waals surface area (Å²) < 4.78 is 18.6. The van der Waals surface area contributed by atoms with E-state index in [9.17, 15) is 15.0 Å². The van der Waals surface area contributed by atoms with Crippen molar-refractivity contribution >= 4 is 5.97 Å². The highest BCUT2D eigenvalue weighted by atomic mass is 16.6. The van der Waals surface area contributed by atoms with Gasteiger partial charge in [0.25, 0.3) is 0 Å². The number of hydrogen-bond acceptors (Lipinski definition) is 8. The lowest BCUT2D eigenvalue weighted by molar-refractivity contribution is -0.171. The number of carbonyl (C=O) groups excluding carboxylic acids is 1. The maximum Gasteiger partial charge on any atom is 0.335 e. The Labute approximate surface area is 235 Å². The van der Waals surface area contributed by atoms with Crippen LogP contribution in [0.4, 0.5) is 0 Å². The van der Waals surface area contributed by atoms with Gasteiger partial charge in [0, 0.05) is 44.0 Å². The molecule has 0 aromatic heterocycles. The van der Waals surface area contributed by atoms with E-state index in [1.807, 2.05) is 13.8 Å². The molecular weight excluding hydrogens is 496 g/mol. The lowest BCUT2D eigenvalue weighted by Crippen LogP contribution is -2.52. The molecular formula is C31H52N2O6. The molecule has 0 aromatic rings. The Morgan fingerprint density at radius 3 is 2.51 bits per heavy atom. The molecule has 1 spiro atoms. The highest BCUT2D eigenvalue weighted by Gasteiger charge is 2.56. The van der Waals surface area contributed by atoms with Crippen molar-refractivity contribution in [2.45, 2.75) is 109 Å². The molecule has 0 aromatic carbocycles. The van der Waals surface area contributed by atoms with Crippen molar-refractivity contribution < 1.29 is 29.2 Å². The van der Waals surface area contributed by atoms with Crippen molar-refractivity contribution in [2.75, 3.05) is 33.3 Å². The van der Waals surface area contributed by atoms with Crippen molar-refractivity contribution in [3.8, 4) is 0 Å². The predicted molar refractivity (Wildman–Crippen MR) is 151 cm³/mol. The summed E-state index contributed by atoms with van der Waals surface area (Å²) in [5, 5.41) is 24.9. The molecule has 2 fully saturated rings. The molecule has 3 heterocycles. The first kappa shape index (κ1) is 30.7. The van der Waals surface area contributed by atoms with E-state index >= 15 is 0 Å². The summed E-state index contributed by atoms with van der Waals surface area (Å²) in [7, 11) is 1.54. The molecule has 2 bridgehead atoms. The monoisotopic (exact) mass is 548 g/mol. The number of nitrogens with one attached hydrogen (secondary N) is 1. The molecule has 1 unspecified atom stereocenters. The van der Waals surface area contributed by atoms with Gasteiger partial charge in [-0.15, -0.1) is 0 Å². The van der Waals surface area contributed by atoms with Gasteiger partial charge in [0.05, 0.1) is 23.9 Å². The van der Waals surface area contributed by atoms with Crippen molar-refractivity contribution in [2.24, 2.45) is 23.7 Å². The fourth-order valence-corrected chi connectivity index (χ4v) is 7.33. The normalized spacial score (nSPS) is 40.1. The average Bonchev–Trinajstić information content (AvgIpc) is 3.22. The fourth-order valence-electron chi connectivity index (χ4n) is 7.33. The minimum absolute atomic E-state index is 0.00280. The number of rotatable bonds is 9. The molecule has 0 saturated carbocycles. The minimum Gasteiger partial charge on any atom is -0.457 e. The Hall–Kier alpha value is -1.29. The number of nitrogens with zero attached hydrogens (tertiary/aromatic N) is 1. The number of aliphatic hydroxyl groups excluding tert-OH is 2. The first-order chi connectivity index (χ1) is 18.6. The molecule has 0 radical (unpaired) electrons. The summed E-state index contributed by atoms with van der Waals surface area (Å²) >= 11 is 0. The van der Waals surface area contributed by atoms with Gasteiger partial charge in [-0.2, -0.15) is 0 Å². The van der Waals surface area contributed by atoms with Crippen LogP contribution in [0.5, 0.6) is 0 Å². The molecule has 222 valence electrons. The number of aliphatic hydroxyl groups is 2. The van der Waals surface area contributed by atoms with Crippen LogP contribution in [-0.4, -0.2) is 96.5 Å². The first-order valence-electron chi connectivity index (χ1n) is 15.2. The zero-order valence-corrected chi connectivity index (χ0v) is 24.8. The number of fused-ring (bicyclic) bond motifs is 1. The van der Waals surface area contributed by atoms with E-state index in [-0.39, 0.29) is 35.8 Å². The van der Waals surface area contributed by atoms with Gasteiger partial charge in [-0.05, 0) is 71.0 Å². The van der Waals surface area contributed by atoms with Gasteiger partial charge in [0.15, 0.2) is 6.10 Å². The van der Waals surface area contributed by atoms with Gasteiger partial charge in [-0.25, -0.2) is 4.79 Å². The SMILES string of the molecule is CO[C@H]1C[C@H]2C=C[C@@H]3C[C@]2(O[C@H]3[C@@H](NCCN2CCCCC2)C(C)[C@H](C)O)/C(C)=C/[C@@H](C)[C@@H]([C@@H](C)O)OC1=O. The van der Waals surface area contributed by atoms with E-state index in [1.54, 1.807) is 6.92 Å². The topological polar surface area (TPSA) is 100 Å². The average molecular weight is 549 g/mol. The number of likely N-dealkylation sites (tertiary alicyclic amines) is 1. The zero-order chi connectivity index (χ0) is 28.3. The highest BCUT2D eigenvalue weighted by molar-refractivity contribution is 5.75. The zero-order valence-electron chi connectivity index (χ0n) is 24.8. The van der Waals surface area contributed by atoms with E-state index in [1.165, 1.54) is 26.4 Å². The van der Waals surface area contributed by atoms with E-state index in [0.717, 1.165) is 38.2 Å². The van der Waals surface area contributed by atoms with Crippen LogP contribution in [0.15, 0.2) is 23.8 Å².